The van der Waals surface area contributed by atoms with Crippen LogP contribution in [0, 0.1) is 12.0 Å². The average Bonchev–Trinajstić information content (AvgIpc) is 2.04. The minimum Gasteiger partial charge on any atom is -0.285 e. The lowest BCUT2D eigenvalue weighted by molar-refractivity contribution is -0.119. The lowest BCUT2D eigenvalue weighted by Crippen LogP contribution is -2.15. The summed E-state index contributed by atoms with van der Waals surface area (Å²) in [6, 6.07) is 2.62. The van der Waals surface area contributed by atoms with E-state index in [1.807, 2.05) is 6.92 Å². The summed E-state index contributed by atoms with van der Waals surface area (Å²) >= 11 is 0. The molecule has 0 bridgehead atoms. The molecule has 0 unspecified atom stereocenters. The average molecular weight is 153 g/mol. The van der Waals surface area contributed by atoms with Crippen molar-refractivity contribution in [1.82, 2.24) is 5.32 Å². The normalized spacial score (nSPS) is 8.18. The highest BCUT2D eigenvalue weighted by Gasteiger charge is 1.88. The van der Waals surface area contributed by atoms with Crippen molar-refractivity contribution in [2.75, 3.05) is 0 Å². The van der Waals surface area contributed by atoms with E-state index in [0.717, 1.165) is 19.3 Å². The Morgan fingerprint density at radius 3 is 2.73 bits per heavy atom. The Morgan fingerprint density at radius 2 is 2.18 bits per heavy atom. The van der Waals surface area contributed by atoms with Crippen LogP contribution in [-0.4, -0.2) is 5.91 Å². The Hall–Kier alpha value is -0.970. The standard InChI is InChI=1S/C9H15NO/c1-3-5-6-7-8-10-9(11)4-2/h3-6H2,1-2H3,(H,10,11). The third-order valence-corrected chi connectivity index (χ3v) is 1.27. The van der Waals surface area contributed by atoms with E-state index in [2.05, 4.69) is 24.2 Å². The van der Waals surface area contributed by atoms with Gasteiger partial charge in [-0.25, -0.2) is 0 Å². The van der Waals surface area contributed by atoms with Gasteiger partial charge in [-0.3, -0.25) is 10.1 Å². The highest BCUT2D eigenvalue weighted by molar-refractivity contribution is 5.77. The van der Waals surface area contributed by atoms with Crippen LogP contribution in [0.3, 0.4) is 0 Å². The molecular formula is C9H15NO. The van der Waals surface area contributed by atoms with Gasteiger partial charge in [-0.05, 0) is 6.42 Å². The fraction of sp³-hybridized carbons (Fsp3) is 0.667. The van der Waals surface area contributed by atoms with Gasteiger partial charge in [-0.1, -0.05) is 26.2 Å². The van der Waals surface area contributed by atoms with E-state index < -0.39 is 0 Å². The highest BCUT2D eigenvalue weighted by Crippen LogP contribution is 1.89. The fourth-order valence-electron chi connectivity index (χ4n) is 0.530. The Labute approximate surface area is 68.4 Å². The maximum absolute atomic E-state index is 10.6. The zero-order chi connectivity index (χ0) is 8.53. The second kappa shape index (κ2) is 7.14. The number of hydrogen-bond donors (Lipinski definition) is 1. The summed E-state index contributed by atoms with van der Waals surface area (Å²) in [6.07, 6.45) is 3.63. The number of nitrogens with one attached hydrogen (secondary N) is 1. The molecule has 0 heterocycles. The highest BCUT2D eigenvalue weighted by atomic mass is 16.1. The topological polar surface area (TPSA) is 29.1 Å². The van der Waals surface area contributed by atoms with Crippen molar-refractivity contribution >= 4 is 5.91 Å². The van der Waals surface area contributed by atoms with E-state index in [-0.39, 0.29) is 5.91 Å². The van der Waals surface area contributed by atoms with Crippen molar-refractivity contribution in [3.05, 3.63) is 0 Å². The molecule has 0 aliphatic heterocycles. The SMILES string of the molecule is CCCCC#CNC(=O)CC. The molecule has 0 fully saturated rings. The maximum Gasteiger partial charge on any atom is 0.231 e. The van der Waals surface area contributed by atoms with Crippen LogP contribution in [-0.2, 0) is 4.79 Å². The number of hydrogen-bond acceptors (Lipinski definition) is 1. The second-order valence-corrected chi connectivity index (χ2v) is 2.31. The molecule has 62 valence electrons. The van der Waals surface area contributed by atoms with Crippen LogP contribution >= 0.6 is 0 Å². The number of rotatable bonds is 3. The summed E-state index contributed by atoms with van der Waals surface area (Å²) in [6.45, 7) is 3.93. The third-order valence-electron chi connectivity index (χ3n) is 1.27. The Bertz CT molecular complexity index is 164. The molecular weight excluding hydrogens is 138 g/mol. The first-order valence-electron chi connectivity index (χ1n) is 4.08. The summed E-state index contributed by atoms with van der Waals surface area (Å²) < 4.78 is 0. The molecule has 0 saturated heterocycles. The van der Waals surface area contributed by atoms with Crippen LogP contribution in [0.25, 0.3) is 0 Å². The summed E-state index contributed by atoms with van der Waals surface area (Å²) in [5.41, 5.74) is 0. The quantitative estimate of drug-likeness (QED) is 0.373. The third kappa shape index (κ3) is 6.92. The predicted octanol–water partition coefficient (Wildman–Crippen LogP) is 1.66. The predicted molar refractivity (Wildman–Crippen MR) is 45.7 cm³/mol. The van der Waals surface area contributed by atoms with Crippen molar-refractivity contribution < 1.29 is 4.79 Å². The Kier molecular flexibility index (Phi) is 6.51. The lowest BCUT2D eigenvalue weighted by atomic mass is 10.3. The molecule has 11 heavy (non-hydrogen) atoms. The molecule has 2 nitrogen and oxygen atoms in total. The molecule has 0 aromatic carbocycles. The van der Waals surface area contributed by atoms with Gasteiger partial charge >= 0.3 is 0 Å². The van der Waals surface area contributed by atoms with Crippen LogP contribution < -0.4 is 5.32 Å². The van der Waals surface area contributed by atoms with Crippen molar-refractivity contribution in [2.45, 2.75) is 39.5 Å². The van der Waals surface area contributed by atoms with Gasteiger partial charge in [-0.2, -0.15) is 0 Å². The van der Waals surface area contributed by atoms with E-state index in [4.69, 9.17) is 0 Å². The summed E-state index contributed by atoms with van der Waals surface area (Å²) in [5, 5.41) is 2.49. The maximum atomic E-state index is 10.6. The van der Waals surface area contributed by atoms with Gasteiger partial charge in [-0.15, -0.1) is 0 Å². The zero-order valence-corrected chi connectivity index (χ0v) is 7.24. The largest absolute Gasteiger partial charge is 0.285 e. The number of amides is 1. The van der Waals surface area contributed by atoms with Crippen LogP contribution in [0.15, 0.2) is 0 Å². The monoisotopic (exact) mass is 153 g/mol. The Balaban J connectivity index is 3.32. The van der Waals surface area contributed by atoms with Gasteiger partial charge in [0.05, 0.1) is 0 Å². The van der Waals surface area contributed by atoms with Crippen LogP contribution in [0.4, 0.5) is 0 Å². The van der Waals surface area contributed by atoms with Gasteiger partial charge in [0, 0.05) is 18.9 Å². The number of carbonyl (C=O) groups excluding carboxylic acids is 1. The van der Waals surface area contributed by atoms with E-state index in [1.54, 1.807) is 0 Å². The van der Waals surface area contributed by atoms with Crippen LogP contribution in [0.5, 0.6) is 0 Å². The van der Waals surface area contributed by atoms with Gasteiger partial charge in [0.25, 0.3) is 0 Å². The first-order valence-corrected chi connectivity index (χ1v) is 4.08. The lowest BCUT2D eigenvalue weighted by Gasteiger charge is -1.89. The molecule has 2 heteroatoms. The zero-order valence-electron chi connectivity index (χ0n) is 7.24. The van der Waals surface area contributed by atoms with Gasteiger partial charge in [0.15, 0.2) is 0 Å². The van der Waals surface area contributed by atoms with Crippen molar-refractivity contribution in [2.24, 2.45) is 0 Å². The van der Waals surface area contributed by atoms with E-state index in [1.165, 1.54) is 0 Å². The van der Waals surface area contributed by atoms with Crippen LogP contribution in [0.1, 0.15) is 39.5 Å². The van der Waals surface area contributed by atoms with E-state index in [0.29, 0.717) is 6.42 Å². The number of unbranched alkanes of at least 4 members (excludes halogenated alkanes) is 2. The molecule has 0 atom stereocenters. The van der Waals surface area contributed by atoms with Gasteiger partial charge in [0.2, 0.25) is 5.91 Å². The molecule has 0 spiro atoms. The molecule has 0 aliphatic rings. The van der Waals surface area contributed by atoms with E-state index >= 15 is 0 Å². The molecule has 0 aromatic rings. The molecule has 0 aromatic heterocycles. The number of carbonyl (C=O) groups is 1. The van der Waals surface area contributed by atoms with Crippen molar-refractivity contribution in [3.63, 3.8) is 0 Å². The minimum absolute atomic E-state index is 0.00556. The summed E-state index contributed by atoms with van der Waals surface area (Å²) in [4.78, 5) is 10.6. The second-order valence-electron chi connectivity index (χ2n) is 2.31. The molecule has 1 N–H and O–H groups in total. The fourth-order valence-corrected chi connectivity index (χ4v) is 0.530. The smallest absolute Gasteiger partial charge is 0.231 e. The molecule has 1 amide bonds. The minimum atomic E-state index is -0.00556. The van der Waals surface area contributed by atoms with E-state index in [9.17, 15) is 4.79 Å². The first-order chi connectivity index (χ1) is 5.31. The summed E-state index contributed by atoms with van der Waals surface area (Å²) in [7, 11) is 0. The van der Waals surface area contributed by atoms with Gasteiger partial charge in [0.1, 0.15) is 0 Å². The van der Waals surface area contributed by atoms with Crippen molar-refractivity contribution in [3.8, 4) is 12.0 Å². The Morgan fingerprint density at radius 1 is 1.45 bits per heavy atom. The molecule has 0 radical (unpaired) electrons. The molecule has 0 rings (SSSR count). The molecule has 0 aliphatic carbocycles. The molecule has 0 saturated carbocycles. The van der Waals surface area contributed by atoms with Crippen molar-refractivity contribution in [1.29, 1.82) is 0 Å². The first kappa shape index (κ1) is 10.0. The summed E-state index contributed by atoms with van der Waals surface area (Å²) in [5.74, 6) is 2.86. The van der Waals surface area contributed by atoms with Gasteiger partial charge < -0.3 is 0 Å². The van der Waals surface area contributed by atoms with Crippen LogP contribution in [0.2, 0.25) is 0 Å².